The van der Waals surface area contributed by atoms with Crippen LogP contribution < -0.4 is 0 Å². The van der Waals surface area contributed by atoms with Crippen LogP contribution in [0.3, 0.4) is 0 Å². The number of hydrogen-bond acceptors (Lipinski definition) is 1. The van der Waals surface area contributed by atoms with Crippen molar-refractivity contribution in [2.24, 2.45) is 0 Å². The third kappa shape index (κ3) is 37.2. The molecule has 0 atom stereocenters. The fourth-order valence-corrected chi connectivity index (χ4v) is 6.12. The Bertz CT molecular complexity index is 137. The van der Waals surface area contributed by atoms with E-state index < -0.39 is 6.72 Å². The van der Waals surface area contributed by atoms with Crippen LogP contribution in [0.4, 0.5) is 0 Å². The van der Waals surface area contributed by atoms with E-state index in [1.54, 1.807) is 5.65 Å². The molecule has 0 rings (SSSR count). The molecule has 0 aliphatic rings. The van der Waals surface area contributed by atoms with Gasteiger partial charge in [-0.1, -0.05) is 0 Å². The van der Waals surface area contributed by atoms with Crippen molar-refractivity contribution in [1.82, 2.24) is 0 Å². The number of unbranched alkanes of at least 4 members (excludes halogenated alkanes) is 2. The smallest absolute Gasteiger partial charge is 0.319 e. The van der Waals surface area contributed by atoms with Gasteiger partial charge in [-0.3, -0.25) is 0 Å². The van der Waals surface area contributed by atoms with E-state index in [9.17, 15) is 0 Å². The summed E-state index contributed by atoms with van der Waals surface area (Å²) < 4.78 is 3.33. The van der Waals surface area contributed by atoms with Crippen LogP contribution in [0.25, 0.3) is 0 Å². The molecule has 0 aliphatic carbocycles. The van der Waals surface area contributed by atoms with Crippen molar-refractivity contribution in [3.8, 4) is 0 Å². The molecule has 0 aliphatic heterocycles. The van der Waals surface area contributed by atoms with Gasteiger partial charge in [-0.25, -0.2) is 0 Å². The van der Waals surface area contributed by atoms with Crippen molar-refractivity contribution in [2.45, 2.75) is 45.2 Å². The van der Waals surface area contributed by atoms with Gasteiger partial charge < -0.3 is 14.7 Å². The maximum atomic E-state index is 7.56. The van der Waals surface area contributed by atoms with Gasteiger partial charge in [0.05, 0.1) is 0 Å². The van der Waals surface area contributed by atoms with Gasteiger partial charge in [-0.2, -0.15) is 0 Å². The molecule has 3 N–H and O–H groups in total. The van der Waals surface area contributed by atoms with E-state index in [0.29, 0.717) is 0 Å². The summed E-state index contributed by atoms with van der Waals surface area (Å²) in [5.41, 5.74) is 0. The molecule has 0 saturated carbocycles. The Morgan fingerprint density at radius 3 is 1.50 bits per heavy atom. The summed E-state index contributed by atoms with van der Waals surface area (Å²) in [5.74, 6) is 0. The Kier molecular flexibility index (Phi) is 16.5. The molecule has 0 aromatic rings. The minimum Gasteiger partial charge on any atom is -0.325 e. The molecule has 0 unspecified atom stereocenters. The molecule has 0 heterocycles. The van der Waals surface area contributed by atoms with Crippen LogP contribution in [-0.2, 0) is 11.8 Å². The summed E-state index contributed by atoms with van der Waals surface area (Å²) >= 11 is 3.46. The first-order chi connectivity index (χ1) is 6.41. The van der Waals surface area contributed by atoms with Crippen LogP contribution in [-0.4, -0.2) is 14.7 Å². The molecule has 0 spiro atoms. The maximum absolute atomic E-state index is 7.56. The first-order valence-corrected chi connectivity index (χ1v) is 12.8. The van der Waals surface area contributed by atoms with Gasteiger partial charge >= 0.3 is 83.8 Å². The van der Waals surface area contributed by atoms with Crippen molar-refractivity contribution in [3.63, 3.8) is 0 Å². The first kappa shape index (κ1) is 18.1. The van der Waals surface area contributed by atoms with E-state index in [2.05, 4.69) is 25.7 Å². The molecule has 0 amide bonds. The summed E-state index contributed by atoms with van der Waals surface area (Å²) in [5, 5.41) is 0. The predicted molar refractivity (Wildman–Crippen MR) is 60.4 cm³/mol. The maximum Gasteiger partial charge on any atom is 0.319 e. The summed E-state index contributed by atoms with van der Waals surface area (Å²) in [6.07, 6.45) is 5.89. The number of rotatable bonds is 6. The van der Waals surface area contributed by atoms with Crippen LogP contribution in [0.5, 0.6) is 0 Å². The van der Waals surface area contributed by atoms with Crippen LogP contribution in [0.2, 0.25) is 5.65 Å². The Morgan fingerprint density at radius 2 is 1.29 bits per heavy atom. The third-order valence-corrected chi connectivity index (χ3v) is 6.65. The third-order valence-electron chi connectivity index (χ3n) is 1.52. The minimum absolute atomic E-state index is 0.146. The van der Waals surface area contributed by atoms with Crippen molar-refractivity contribution < 1.29 is 46.5 Å². The molecule has 0 saturated heterocycles. The monoisotopic (exact) mass is 367 g/mol. The summed E-state index contributed by atoms with van der Waals surface area (Å²) in [7, 11) is 0. The number of hydrogen-bond donors (Lipinski definition) is 3. The van der Waals surface area contributed by atoms with E-state index >= 15 is 0 Å². The predicted octanol–water partition coefficient (Wildman–Crippen LogP) is 2.70. The minimum atomic E-state index is -3.81. The quantitative estimate of drug-likeness (QED) is 0.499. The fourth-order valence-electron chi connectivity index (χ4n) is 0.841. The van der Waals surface area contributed by atoms with E-state index in [1.807, 2.05) is 0 Å². The Labute approximate surface area is 109 Å². The zero-order chi connectivity index (χ0) is 11.4. The summed E-state index contributed by atoms with van der Waals surface area (Å²) in [6.45, 7) is 0.789. The molecular weight excluding hydrogens is 346 g/mol. The zero-order valence-electron chi connectivity index (χ0n) is 9.02. The first-order valence-electron chi connectivity index (χ1n) is 5.01. The second kappa shape index (κ2) is 12.8. The molecule has 0 aromatic heterocycles. The fraction of sp³-hybridized carbons (Fsp3) is 1.00. The van der Waals surface area contributed by atoms with Gasteiger partial charge in [0, 0.05) is 0 Å². The molecule has 0 radical (unpaired) electrons. The van der Waals surface area contributed by atoms with Crippen molar-refractivity contribution in [3.05, 3.63) is 0 Å². The van der Waals surface area contributed by atoms with E-state index in [1.165, 1.54) is 25.7 Å². The van der Waals surface area contributed by atoms with Crippen LogP contribution in [0.1, 0.15) is 39.5 Å². The van der Waals surface area contributed by atoms with E-state index in [0.717, 1.165) is 0 Å². The van der Waals surface area contributed by atoms with E-state index in [4.69, 9.17) is 14.7 Å². The van der Waals surface area contributed by atoms with Crippen molar-refractivity contribution in [1.29, 1.82) is 0 Å². The van der Waals surface area contributed by atoms with Crippen molar-refractivity contribution in [2.75, 3.05) is 0 Å². The van der Waals surface area contributed by atoms with Gasteiger partial charge in [0.1, 0.15) is 0 Å². The average molecular weight is 367 g/mol. The SMILES string of the molecule is CCC[CH2][La][CH2]CCC.OP(O)(O)=S. The van der Waals surface area contributed by atoms with Gasteiger partial charge in [0.15, 0.2) is 0 Å². The second-order valence-corrected chi connectivity index (χ2v) is 11.0. The Balaban J connectivity index is 0. The average Bonchev–Trinajstić information content (AvgIpc) is 2.01. The molecule has 14 heavy (non-hydrogen) atoms. The topological polar surface area (TPSA) is 60.7 Å². The molecular formula is C8H21LaO3PS. The largest absolute Gasteiger partial charge is 0.325 e. The Morgan fingerprint density at radius 1 is 1.00 bits per heavy atom. The Hall–Kier alpha value is 1.72. The molecule has 0 fully saturated rings. The second-order valence-electron chi connectivity index (χ2n) is 3.09. The normalized spacial score (nSPS) is 10.1. The molecule has 6 heteroatoms. The van der Waals surface area contributed by atoms with Crippen molar-refractivity contribution >= 4 is 18.5 Å². The van der Waals surface area contributed by atoms with Crippen LogP contribution >= 0.6 is 6.72 Å². The van der Waals surface area contributed by atoms with Crippen LogP contribution in [0.15, 0.2) is 0 Å². The van der Waals surface area contributed by atoms with Gasteiger partial charge in [0.25, 0.3) is 0 Å². The molecule has 0 aromatic carbocycles. The van der Waals surface area contributed by atoms with Gasteiger partial charge in [-0.05, 0) is 11.8 Å². The summed E-state index contributed by atoms with van der Waals surface area (Å²) in [6, 6.07) is 0. The van der Waals surface area contributed by atoms with Crippen LogP contribution in [0, 0.1) is 31.9 Å². The molecule has 0 bridgehead atoms. The van der Waals surface area contributed by atoms with Gasteiger partial charge in [-0.15, -0.1) is 0 Å². The molecule has 3 nitrogen and oxygen atoms in total. The zero-order valence-corrected chi connectivity index (χ0v) is 14.4. The van der Waals surface area contributed by atoms with Gasteiger partial charge in [0.2, 0.25) is 0 Å². The standard InChI is InChI=1S/2C4H9.La.H3O3PS/c2*1-3-4-2;;1-4(2,3)5/h2*1,3-4H2,2H3;;(H3,1,2,3,5). The van der Waals surface area contributed by atoms with E-state index in [-0.39, 0.29) is 31.9 Å². The summed E-state index contributed by atoms with van der Waals surface area (Å²) in [4.78, 5) is 22.7. The molecule has 85 valence electrons.